The summed E-state index contributed by atoms with van der Waals surface area (Å²) in [5.41, 5.74) is 5.96. The topological polar surface area (TPSA) is 77.4 Å². The van der Waals surface area contributed by atoms with Crippen LogP contribution >= 0.6 is 0 Å². The predicted octanol–water partition coefficient (Wildman–Crippen LogP) is 11.5. The maximum atomic E-state index is 9.66. The summed E-state index contributed by atoms with van der Waals surface area (Å²) in [4.78, 5) is 0. The van der Waals surface area contributed by atoms with E-state index < -0.39 is 0 Å². The highest BCUT2D eigenvalue weighted by atomic mass is 16.5. The molecule has 0 amide bonds. The minimum Gasteiger partial charge on any atom is -0.491 e. The lowest BCUT2D eigenvalue weighted by Gasteiger charge is -2.20. The third-order valence-electron chi connectivity index (χ3n) is 10.5. The Hall–Kier alpha value is -6.86. The molecule has 286 valence electrons. The molecule has 2 N–H and O–H groups in total. The molecule has 6 heteroatoms. The molecule has 9 aromatic rings. The fourth-order valence-corrected chi connectivity index (χ4v) is 7.92. The van der Waals surface area contributed by atoms with Gasteiger partial charge in [-0.2, -0.15) is 0 Å². The van der Waals surface area contributed by atoms with Crippen LogP contribution in [0.4, 0.5) is 0 Å². The Morgan fingerprint density at radius 3 is 1.38 bits per heavy atom. The van der Waals surface area contributed by atoms with E-state index in [0.29, 0.717) is 19.0 Å². The van der Waals surface area contributed by atoms with E-state index in [9.17, 15) is 10.2 Å². The van der Waals surface area contributed by atoms with Gasteiger partial charge in [0.2, 0.25) is 0 Å². The zero-order valence-corrected chi connectivity index (χ0v) is 31.9. The highest BCUT2D eigenvalue weighted by Crippen LogP contribution is 2.46. The van der Waals surface area contributed by atoms with Crippen LogP contribution in [-0.4, -0.2) is 36.6 Å². The van der Waals surface area contributed by atoms with Gasteiger partial charge < -0.3 is 29.2 Å². The summed E-state index contributed by atoms with van der Waals surface area (Å²) in [6, 6.07) is 57.9. The van der Waals surface area contributed by atoms with Crippen molar-refractivity contribution in [1.82, 2.24) is 0 Å². The molecule has 0 radical (unpaired) electrons. The van der Waals surface area contributed by atoms with Crippen molar-refractivity contribution in [2.24, 2.45) is 0 Å². The largest absolute Gasteiger partial charge is 0.491 e. The molecule has 0 saturated carbocycles. The third-order valence-corrected chi connectivity index (χ3v) is 10.5. The predicted molar refractivity (Wildman–Crippen MR) is 234 cm³/mol. The summed E-state index contributed by atoms with van der Waals surface area (Å²) < 4.78 is 25.4. The highest BCUT2D eigenvalue weighted by molar-refractivity contribution is 6.10. The molecular weight excluding hydrogens is 721 g/mol. The summed E-state index contributed by atoms with van der Waals surface area (Å²) in [7, 11) is 0. The summed E-state index contributed by atoms with van der Waals surface area (Å²) in [5.74, 6) is 2.93. The first-order valence-corrected chi connectivity index (χ1v) is 19.6. The number of benzene rings is 9. The number of rotatable bonds is 14. The summed E-state index contributed by atoms with van der Waals surface area (Å²) in [6.45, 7) is 0.980. The molecule has 0 fully saturated rings. The van der Waals surface area contributed by atoms with Crippen LogP contribution in [-0.2, 0) is 13.2 Å². The Kier molecular flexibility index (Phi) is 10.6. The standard InChI is InChI=1S/C52H42O6/c53-27-29-55-47-24-20-37-11-1-4-15-42(37)50(47)45-18-8-14-40-19-23-41(32-46(40)45)57-33-35-9-7-10-36(31-35)34-58-49-26-22-39-13-3-6-17-44(39)52(49)51-43-16-5-2-12-38(43)21-25-48(51)56-30-28-54/h1-26,31-32,53-54H,27-30,33-34H2. The van der Waals surface area contributed by atoms with Crippen LogP contribution in [0.25, 0.3) is 65.3 Å². The highest BCUT2D eigenvalue weighted by Gasteiger charge is 2.20. The van der Waals surface area contributed by atoms with Gasteiger partial charge in [-0.3, -0.25) is 0 Å². The van der Waals surface area contributed by atoms with Crippen LogP contribution in [0.1, 0.15) is 11.1 Å². The van der Waals surface area contributed by atoms with Crippen molar-refractivity contribution < 1.29 is 29.2 Å². The van der Waals surface area contributed by atoms with E-state index in [1.165, 1.54) is 0 Å². The van der Waals surface area contributed by atoms with Gasteiger partial charge in [-0.15, -0.1) is 0 Å². The molecule has 0 spiro atoms. The average molecular weight is 763 g/mol. The quantitative estimate of drug-likeness (QED) is 0.115. The first-order valence-electron chi connectivity index (χ1n) is 19.6. The van der Waals surface area contributed by atoms with E-state index in [-0.39, 0.29) is 26.4 Å². The van der Waals surface area contributed by atoms with Crippen LogP contribution in [0.2, 0.25) is 0 Å². The monoisotopic (exact) mass is 762 g/mol. The second kappa shape index (κ2) is 16.7. The molecule has 0 aliphatic heterocycles. The molecule has 6 nitrogen and oxygen atoms in total. The third kappa shape index (κ3) is 7.39. The lowest BCUT2D eigenvalue weighted by Crippen LogP contribution is -2.04. The molecule has 9 aromatic carbocycles. The molecule has 0 bridgehead atoms. The zero-order chi connectivity index (χ0) is 39.3. The van der Waals surface area contributed by atoms with Gasteiger partial charge in [0.25, 0.3) is 0 Å². The Balaban J connectivity index is 1.000. The van der Waals surface area contributed by atoms with Crippen LogP contribution in [0.5, 0.6) is 23.0 Å². The fourth-order valence-electron chi connectivity index (χ4n) is 7.92. The smallest absolute Gasteiger partial charge is 0.128 e. The maximum absolute atomic E-state index is 9.66. The van der Waals surface area contributed by atoms with Crippen LogP contribution in [0.3, 0.4) is 0 Å². The lowest BCUT2D eigenvalue weighted by molar-refractivity contribution is 0.202. The number of ether oxygens (including phenoxy) is 4. The summed E-state index contributed by atoms with van der Waals surface area (Å²) in [5, 5.41) is 27.8. The van der Waals surface area contributed by atoms with Crippen molar-refractivity contribution in [1.29, 1.82) is 0 Å². The van der Waals surface area contributed by atoms with Gasteiger partial charge in [0, 0.05) is 16.7 Å². The zero-order valence-electron chi connectivity index (χ0n) is 31.9. The van der Waals surface area contributed by atoms with Gasteiger partial charge in [0.15, 0.2) is 0 Å². The Morgan fingerprint density at radius 1 is 0.345 bits per heavy atom. The van der Waals surface area contributed by atoms with E-state index in [4.69, 9.17) is 18.9 Å². The van der Waals surface area contributed by atoms with Crippen molar-refractivity contribution in [3.63, 3.8) is 0 Å². The minimum atomic E-state index is -0.0827. The van der Waals surface area contributed by atoms with Gasteiger partial charge in [0.05, 0.1) is 13.2 Å². The molecule has 0 aromatic heterocycles. The van der Waals surface area contributed by atoms with Crippen molar-refractivity contribution >= 4 is 43.1 Å². The molecule has 9 rings (SSSR count). The molecule has 0 unspecified atom stereocenters. The Morgan fingerprint density at radius 2 is 0.793 bits per heavy atom. The average Bonchev–Trinajstić information content (AvgIpc) is 3.28. The van der Waals surface area contributed by atoms with E-state index in [0.717, 1.165) is 93.7 Å². The SMILES string of the molecule is OCCOc1ccc2ccccc2c1-c1cccc2ccc(OCc3cccc(COc4ccc5ccccc5c4-c4c(OCCO)ccc5ccccc45)c3)cc12. The van der Waals surface area contributed by atoms with Crippen molar-refractivity contribution in [2.75, 3.05) is 26.4 Å². The molecule has 58 heavy (non-hydrogen) atoms. The van der Waals surface area contributed by atoms with Crippen LogP contribution in [0, 0.1) is 0 Å². The Bertz CT molecular complexity index is 2900. The second-order valence-corrected chi connectivity index (χ2v) is 14.2. The van der Waals surface area contributed by atoms with Crippen molar-refractivity contribution in [3.8, 4) is 45.3 Å². The number of fused-ring (bicyclic) bond motifs is 4. The van der Waals surface area contributed by atoms with Gasteiger partial charge >= 0.3 is 0 Å². The van der Waals surface area contributed by atoms with Gasteiger partial charge in [-0.1, -0.05) is 133 Å². The molecular formula is C52H42O6. The van der Waals surface area contributed by atoms with E-state index in [1.807, 2.05) is 66.7 Å². The first kappa shape index (κ1) is 36.8. The number of aliphatic hydroxyl groups is 2. The van der Waals surface area contributed by atoms with Gasteiger partial charge in [-0.05, 0) is 96.2 Å². The molecule has 0 aliphatic rings. The molecule has 0 aliphatic carbocycles. The second-order valence-electron chi connectivity index (χ2n) is 14.2. The summed E-state index contributed by atoms with van der Waals surface area (Å²) in [6.07, 6.45) is 0. The van der Waals surface area contributed by atoms with Crippen molar-refractivity contribution in [2.45, 2.75) is 13.2 Å². The molecule has 0 heterocycles. The minimum absolute atomic E-state index is 0.0644. The number of hydrogen-bond acceptors (Lipinski definition) is 6. The first-order chi connectivity index (χ1) is 28.7. The summed E-state index contributed by atoms with van der Waals surface area (Å²) >= 11 is 0. The Labute approximate surface area is 337 Å². The normalized spacial score (nSPS) is 11.3. The van der Waals surface area contributed by atoms with Gasteiger partial charge in [0.1, 0.15) is 49.4 Å². The maximum Gasteiger partial charge on any atom is 0.128 e. The van der Waals surface area contributed by atoms with Gasteiger partial charge in [-0.25, -0.2) is 0 Å². The van der Waals surface area contributed by atoms with E-state index in [1.54, 1.807) is 0 Å². The number of hydrogen-bond donors (Lipinski definition) is 2. The van der Waals surface area contributed by atoms with Crippen LogP contribution in [0.15, 0.2) is 170 Å². The lowest BCUT2D eigenvalue weighted by atomic mass is 9.92. The van der Waals surface area contributed by atoms with E-state index in [2.05, 4.69) is 103 Å². The van der Waals surface area contributed by atoms with E-state index >= 15 is 0 Å². The molecule has 0 atom stereocenters. The van der Waals surface area contributed by atoms with Crippen molar-refractivity contribution in [3.05, 3.63) is 181 Å². The fraction of sp³-hybridized carbons (Fsp3) is 0.115. The molecule has 0 saturated heterocycles. The van der Waals surface area contributed by atoms with Crippen LogP contribution < -0.4 is 18.9 Å². The number of aliphatic hydroxyl groups excluding tert-OH is 2.